The van der Waals surface area contributed by atoms with Crippen LogP contribution in [0, 0.1) is 5.92 Å². The van der Waals surface area contributed by atoms with Crippen LogP contribution in [-0.4, -0.2) is 30.7 Å². The average Bonchev–Trinajstić information content (AvgIpc) is 2.85. The number of ether oxygens (including phenoxy) is 1. The predicted molar refractivity (Wildman–Crippen MR) is 57.3 cm³/mol. The van der Waals surface area contributed by atoms with Crippen LogP contribution in [0.15, 0.2) is 0 Å². The number of nitrogens with two attached hydrogens (primary N) is 1. The standard InChI is InChI=1S/C11H20N2O2/c1-2-9-8(3-6-15-9)10(14)13-11(7-12)4-5-11/h8-9H,2-7,12H2,1H3,(H,13,14). The van der Waals surface area contributed by atoms with Crippen molar-refractivity contribution < 1.29 is 9.53 Å². The molecule has 0 aromatic carbocycles. The molecule has 1 saturated carbocycles. The van der Waals surface area contributed by atoms with Crippen molar-refractivity contribution in [2.24, 2.45) is 11.7 Å². The lowest BCUT2D eigenvalue weighted by molar-refractivity contribution is -0.127. The van der Waals surface area contributed by atoms with Crippen molar-refractivity contribution in [1.82, 2.24) is 5.32 Å². The van der Waals surface area contributed by atoms with Gasteiger partial charge in [0.15, 0.2) is 0 Å². The molecule has 4 heteroatoms. The van der Waals surface area contributed by atoms with Crippen molar-refractivity contribution >= 4 is 5.91 Å². The third-order valence-corrected chi connectivity index (χ3v) is 3.58. The molecule has 4 nitrogen and oxygen atoms in total. The van der Waals surface area contributed by atoms with Crippen LogP contribution in [0.25, 0.3) is 0 Å². The zero-order valence-electron chi connectivity index (χ0n) is 9.29. The van der Waals surface area contributed by atoms with E-state index in [1.54, 1.807) is 0 Å². The Labute approximate surface area is 90.5 Å². The Balaban J connectivity index is 1.90. The molecule has 2 atom stereocenters. The van der Waals surface area contributed by atoms with Gasteiger partial charge in [0.2, 0.25) is 5.91 Å². The Hall–Kier alpha value is -0.610. The highest BCUT2D eigenvalue weighted by Crippen LogP contribution is 2.35. The second-order valence-electron chi connectivity index (χ2n) is 4.69. The highest BCUT2D eigenvalue weighted by Gasteiger charge is 2.45. The maximum atomic E-state index is 12.0. The van der Waals surface area contributed by atoms with Crippen LogP contribution in [-0.2, 0) is 9.53 Å². The SMILES string of the molecule is CCC1OCCC1C(=O)NC1(CN)CC1. The Morgan fingerprint density at radius 1 is 1.60 bits per heavy atom. The van der Waals surface area contributed by atoms with Gasteiger partial charge in [0, 0.05) is 13.2 Å². The Kier molecular flexibility index (Phi) is 2.98. The number of carbonyl (C=O) groups is 1. The summed E-state index contributed by atoms with van der Waals surface area (Å²) in [6.07, 6.45) is 3.93. The predicted octanol–water partition coefficient (Wildman–Crippen LogP) is 0.409. The molecule has 86 valence electrons. The summed E-state index contributed by atoms with van der Waals surface area (Å²) >= 11 is 0. The lowest BCUT2D eigenvalue weighted by atomic mass is 9.98. The van der Waals surface area contributed by atoms with Gasteiger partial charge in [-0.25, -0.2) is 0 Å². The second-order valence-corrected chi connectivity index (χ2v) is 4.69. The lowest BCUT2D eigenvalue weighted by Crippen LogP contribution is -2.46. The minimum atomic E-state index is -0.0715. The van der Waals surface area contributed by atoms with E-state index in [1.165, 1.54) is 0 Å². The molecule has 2 unspecified atom stereocenters. The van der Waals surface area contributed by atoms with E-state index in [-0.39, 0.29) is 23.5 Å². The van der Waals surface area contributed by atoms with Crippen LogP contribution in [0.4, 0.5) is 0 Å². The van der Waals surface area contributed by atoms with Gasteiger partial charge in [-0.2, -0.15) is 0 Å². The highest BCUT2D eigenvalue weighted by molar-refractivity contribution is 5.80. The topological polar surface area (TPSA) is 64.3 Å². The van der Waals surface area contributed by atoms with Crippen molar-refractivity contribution in [1.29, 1.82) is 0 Å². The molecule has 1 amide bonds. The Bertz CT molecular complexity index is 251. The van der Waals surface area contributed by atoms with Crippen LogP contribution in [0.2, 0.25) is 0 Å². The number of carbonyl (C=O) groups excluding carboxylic acids is 1. The number of rotatable bonds is 4. The molecule has 0 aromatic heterocycles. The van der Waals surface area contributed by atoms with Gasteiger partial charge in [0.1, 0.15) is 0 Å². The molecular formula is C11H20N2O2. The van der Waals surface area contributed by atoms with Crippen molar-refractivity contribution in [3.8, 4) is 0 Å². The first-order valence-electron chi connectivity index (χ1n) is 5.84. The van der Waals surface area contributed by atoms with E-state index in [2.05, 4.69) is 12.2 Å². The molecule has 0 bridgehead atoms. The number of nitrogens with one attached hydrogen (secondary N) is 1. The lowest BCUT2D eigenvalue weighted by Gasteiger charge is -2.21. The molecule has 1 aliphatic carbocycles. The molecule has 3 N–H and O–H groups in total. The van der Waals surface area contributed by atoms with Crippen LogP contribution >= 0.6 is 0 Å². The first-order valence-corrected chi connectivity index (χ1v) is 5.84. The van der Waals surface area contributed by atoms with E-state index in [4.69, 9.17) is 10.5 Å². The largest absolute Gasteiger partial charge is 0.377 e. The van der Waals surface area contributed by atoms with Gasteiger partial charge in [-0.15, -0.1) is 0 Å². The van der Waals surface area contributed by atoms with Crippen molar-refractivity contribution in [2.45, 2.75) is 44.2 Å². The van der Waals surface area contributed by atoms with Crippen molar-refractivity contribution in [3.63, 3.8) is 0 Å². The van der Waals surface area contributed by atoms with Gasteiger partial charge < -0.3 is 15.8 Å². The van der Waals surface area contributed by atoms with Gasteiger partial charge >= 0.3 is 0 Å². The van der Waals surface area contributed by atoms with E-state index in [0.717, 1.165) is 25.7 Å². The molecule has 2 fully saturated rings. The Morgan fingerprint density at radius 3 is 2.87 bits per heavy atom. The van der Waals surface area contributed by atoms with Gasteiger partial charge in [0.05, 0.1) is 17.6 Å². The minimum absolute atomic E-state index is 0.0408. The third kappa shape index (κ3) is 2.16. The summed E-state index contributed by atoms with van der Waals surface area (Å²) in [4.78, 5) is 12.0. The molecule has 1 aliphatic heterocycles. The zero-order valence-corrected chi connectivity index (χ0v) is 9.29. The normalized spacial score (nSPS) is 32.7. The fraction of sp³-hybridized carbons (Fsp3) is 0.909. The van der Waals surface area contributed by atoms with Gasteiger partial charge in [-0.05, 0) is 25.7 Å². The summed E-state index contributed by atoms with van der Waals surface area (Å²) in [5, 5.41) is 3.08. The fourth-order valence-corrected chi connectivity index (χ4v) is 2.24. The summed E-state index contributed by atoms with van der Waals surface area (Å²) < 4.78 is 5.51. The monoisotopic (exact) mass is 212 g/mol. The quantitative estimate of drug-likeness (QED) is 0.709. The maximum absolute atomic E-state index is 12.0. The number of hydrogen-bond acceptors (Lipinski definition) is 3. The van der Waals surface area contributed by atoms with Crippen molar-refractivity contribution in [3.05, 3.63) is 0 Å². The fourth-order valence-electron chi connectivity index (χ4n) is 2.24. The van der Waals surface area contributed by atoms with Gasteiger partial charge in [-0.3, -0.25) is 4.79 Å². The molecule has 0 spiro atoms. The zero-order chi connectivity index (χ0) is 10.9. The van der Waals surface area contributed by atoms with E-state index in [9.17, 15) is 4.79 Å². The van der Waals surface area contributed by atoms with Crippen LogP contribution in [0.1, 0.15) is 32.6 Å². The third-order valence-electron chi connectivity index (χ3n) is 3.58. The van der Waals surface area contributed by atoms with Crippen molar-refractivity contribution in [2.75, 3.05) is 13.2 Å². The number of amides is 1. The summed E-state index contributed by atoms with van der Waals surface area (Å²) in [6.45, 7) is 3.33. The summed E-state index contributed by atoms with van der Waals surface area (Å²) in [5.41, 5.74) is 5.57. The number of hydrogen-bond donors (Lipinski definition) is 2. The summed E-state index contributed by atoms with van der Waals surface area (Å²) in [5.74, 6) is 0.182. The molecule has 2 rings (SSSR count). The first-order chi connectivity index (χ1) is 7.21. The highest BCUT2D eigenvalue weighted by atomic mass is 16.5. The second kappa shape index (κ2) is 4.10. The van der Waals surface area contributed by atoms with Crippen LogP contribution in [0.3, 0.4) is 0 Å². The molecular weight excluding hydrogens is 192 g/mol. The summed E-state index contributed by atoms with van der Waals surface area (Å²) in [7, 11) is 0. The molecule has 0 radical (unpaired) electrons. The molecule has 1 heterocycles. The Morgan fingerprint density at radius 2 is 2.33 bits per heavy atom. The maximum Gasteiger partial charge on any atom is 0.226 e. The van der Waals surface area contributed by atoms with Crippen LogP contribution < -0.4 is 11.1 Å². The van der Waals surface area contributed by atoms with Gasteiger partial charge in [-0.1, -0.05) is 6.92 Å². The van der Waals surface area contributed by atoms with E-state index < -0.39 is 0 Å². The average molecular weight is 212 g/mol. The molecule has 15 heavy (non-hydrogen) atoms. The van der Waals surface area contributed by atoms with Crippen LogP contribution in [0.5, 0.6) is 0 Å². The van der Waals surface area contributed by atoms with Gasteiger partial charge in [0.25, 0.3) is 0 Å². The minimum Gasteiger partial charge on any atom is -0.377 e. The smallest absolute Gasteiger partial charge is 0.226 e. The molecule has 1 saturated heterocycles. The first kappa shape index (κ1) is 10.9. The van der Waals surface area contributed by atoms with E-state index >= 15 is 0 Å². The van der Waals surface area contributed by atoms with E-state index in [0.29, 0.717) is 13.2 Å². The van der Waals surface area contributed by atoms with E-state index in [1.807, 2.05) is 0 Å². The summed E-state index contributed by atoms with van der Waals surface area (Å²) in [6, 6.07) is 0. The molecule has 2 aliphatic rings. The molecule has 0 aromatic rings.